The van der Waals surface area contributed by atoms with Gasteiger partial charge in [0.2, 0.25) is 0 Å². The molecule has 0 saturated carbocycles. The second kappa shape index (κ2) is 7.15. The molecule has 6 rings (SSSR count). The number of hydrogen-bond acceptors (Lipinski definition) is 3. The SMILES string of the molecule is c1ccc(Nn2cnc3cc(-c4ccc5nc(-c6ccccc6)[nH]c5c4)ccc32)cc1. The quantitative estimate of drug-likeness (QED) is 0.374. The number of rotatable bonds is 4. The number of anilines is 1. The van der Waals surface area contributed by atoms with Gasteiger partial charge in [-0.25, -0.2) is 14.6 Å². The molecule has 0 radical (unpaired) electrons. The highest BCUT2D eigenvalue weighted by molar-refractivity contribution is 5.87. The zero-order chi connectivity index (χ0) is 20.6. The van der Waals surface area contributed by atoms with Gasteiger partial charge in [-0.15, -0.1) is 0 Å². The van der Waals surface area contributed by atoms with Crippen LogP contribution in [0.2, 0.25) is 0 Å². The summed E-state index contributed by atoms with van der Waals surface area (Å²) in [4.78, 5) is 12.8. The molecule has 2 heterocycles. The van der Waals surface area contributed by atoms with Gasteiger partial charge in [-0.05, 0) is 47.5 Å². The number of hydrogen-bond donors (Lipinski definition) is 2. The van der Waals surface area contributed by atoms with Crippen molar-refractivity contribution in [3.8, 4) is 22.5 Å². The van der Waals surface area contributed by atoms with Crippen LogP contribution in [0.15, 0.2) is 103 Å². The van der Waals surface area contributed by atoms with Crippen molar-refractivity contribution in [1.29, 1.82) is 0 Å². The molecule has 4 aromatic carbocycles. The Kier molecular flexibility index (Phi) is 4.03. The maximum absolute atomic E-state index is 4.73. The first-order valence-electron chi connectivity index (χ1n) is 10.2. The number of imidazole rings is 2. The molecule has 0 saturated heterocycles. The van der Waals surface area contributed by atoms with Crippen LogP contribution in [0.25, 0.3) is 44.6 Å². The van der Waals surface area contributed by atoms with Gasteiger partial charge < -0.3 is 4.98 Å². The monoisotopic (exact) mass is 401 g/mol. The molecule has 0 fully saturated rings. The summed E-state index contributed by atoms with van der Waals surface area (Å²) < 4.78 is 1.94. The molecule has 6 aromatic rings. The fourth-order valence-electron chi connectivity index (χ4n) is 3.86. The lowest BCUT2D eigenvalue weighted by molar-refractivity contribution is 0.989. The Bertz CT molecular complexity index is 1500. The number of nitrogens with zero attached hydrogens (tertiary/aromatic N) is 3. The number of aromatic nitrogens is 4. The summed E-state index contributed by atoms with van der Waals surface area (Å²) in [5, 5.41) is 0. The van der Waals surface area contributed by atoms with E-state index in [-0.39, 0.29) is 0 Å². The van der Waals surface area contributed by atoms with Crippen LogP contribution in [0.4, 0.5) is 5.69 Å². The van der Waals surface area contributed by atoms with Crippen molar-refractivity contribution in [2.45, 2.75) is 0 Å². The van der Waals surface area contributed by atoms with E-state index in [4.69, 9.17) is 4.98 Å². The van der Waals surface area contributed by atoms with Crippen LogP contribution in [-0.2, 0) is 0 Å². The van der Waals surface area contributed by atoms with Crippen molar-refractivity contribution >= 4 is 27.8 Å². The van der Waals surface area contributed by atoms with Crippen LogP contribution in [-0.4, -0.2) is 19.6 Å². The summed E-state index contributed by atoms with van der Waals surface area (Å²) in [7, 11) is 0. The third-order valence-electron chi connectivity index (χ3n) is 5.43. The van der Waals surface area contributed by atoms with Crippen molar-refractivity contribution in [1.82, 2.24) is 19.6 Å². The van der Waals surface area contributed by atoms with Gasteiger partial charge in [0.15, 0.2) is 0 Å². The van der Waals surface area contributed by atoms with Gasteiger partial charge in [0.1, 0.15) is 12.2 Å². The molecule has 0 aliphatic heterocycles. The van der Waals surface area contributed by atoms with Crippen molar-refractivity contribution in [3.63, 3.8) is 0 Å². The van der Waals surface area contributed by atoms with E-state index in [2.05, 4.69) is 63.9 Å². The second-order valence-electron chi connectivity index (χ2n) is 7.48. The minimum absolute atomic E-state index is 0.883. The molecule has 5 nitrogen and oxygen atoms in total. The van der Waals surface area contributed by atoms with E-state index in [0.717, 1.165) is 50.3 Å². The molecule has 0 amide bonds. The van der Waals surface area contributed by atoms with Crippen LogP contribution < -0.4 is 5.43 Å². The fraction of sp³-hybridized carbons (Fsp3) is 0. The molecular weight excluding hydrogens is 382 g/mol. The van der Waals surface area contributed by atoms with Crippen molar-refractivity contribution in [2.75, 3.05) is 5.43 Å². The lowest BCUT2D eigenvalue weighted by atomic mass is 10.0. The Morgan fingerprint density at radius 3 is 2.26 bits per heavy atom. The van der Waals surface area contributed by atoms with Crippen LogP contribution >= 0.6 is 0 Å². The topological polar surface area (TPSA) is 58.5 Å². The standard InChI is InChI=1S/C26H19N5/c1-3-7-18(8-4-1)26-28-22-13-11-19(15-23(22)29-26)20-12-14-25-24(16-20)27-17-31(25)30-21-9-5-2-6-10-21/h1-17,30H,(H,28,29). The van der Waals surface area contributed by atoms with Gasteiger partial charge in [0.25, 0.3) is 0 Å². The van der Waals surface area contributed by atoms with E-state index in [1.165, 1.54) is 0 Å². The molecule has 0 aliphatic carbocycles. The smallest absolute Gasteiger partial charge is 0.138 e. The Balaban J connectivity index is 1.35. The molecule has 5 heteroatoms. The summed E-state index contributed by atoms with van der Waals surface area (Å²) in [5.41, 5.74) is 11.7. The second-order valence-corrected chi connectivity index (χ2v) is 7.48. The first-order valence-corrected chi connectivity index (χ1v) is 10.2. The van der Waals surface area contributed by atoms with Gasteiger partial charge in [0.05, 0.1) is 27.8 Å². The van der Waals surface area contributed by atoms with E-state index in [9.17, 15) is 0 Å². The van der Waals surface area contributed by atoms with E-state index in [1.807, 2.05) is 59.5 Å². The number of para-hydroxylation sites is 1. The molecule has 31 heavy (non-hydrogen) atoms. The van der Waals surface area contributed by atoms with Gasteiger partial charge in [-0.3, -0.25) is 5.43 Å². The Morgan fingerprint density at radius 2 is 1.42 bits per heavy atom. The maximum atomic E-state index is 4.73. The highest BCUT2D eigenvalue weighted by Gasteiger charge is 2.09. The Morgan fingerprint density at radius 1 is 0.677 bits per heavy atom. The number of benzene rings is 4. The van der Waals surface area contributed by atoms with Crippen LogP contribution in [0.1, 0.15) is 0 Å². The predicted molar refractivity (Wildman–Crippen MR) is 126 cm³/mol. The third-order valence-corrected chi connectivity index (χ3v) is 5.43. The summed E-state index contributed by atoms with van der Waals surface area (Å²) in [6, 6.07) is 32.9. The van der Waals surface area contributed by atoms with E-state index < -0.39 is 0 Å². The van der Waals surface area contributed by atoms with Gasteiger partial charge in [-0.2, -0.15) is 0 Å². The molecule has 2 aromatic heterocycles. The molecule has 0 bridgehead atoms. The van der Waals surface area contributed by atoms with E-state index >= 15 is 0 Å². The summed E-state index contributed by atoms with van der Waals surface area (Å²) >= 11 is 0. The number of aromatic amines is 1. The normalized spacial score (nSPS) is 11.2. The molecule has 0 atom stereocenters. The van der Waals surface area contributed by atoms with Gasteiger partial charge >= 0.3 is 0 Å². The Labute approximate surface area is 179 Å². The van der Waals surface area contributed by atoms with Crippen molar-refractivity contribution < 1.29 is 0 Å². The predicted octanol–water partition coefficient (Wildman–Crippen LogP) is 6.12. The maximum Gasteiger partial charge on any atom is 0.138 e. The molecule has 0 spiro atoms. The van der Waals surface area contributed by atoms with Crippen LogP contribution in [0, 0.1) is 0 Å². The largest absolute Gasteiger partial charge is 0.338 e. The first-order chi connectivity index (χ1) is 15.3. The first kappa shape index (κ1) is 17.5. The zero-order valence-corrected chi connectivity index (χ0v) is 16.7. The number of fused-ring (bicyclic) bond motifs is 2. The van der Waals surface area contributed by atoms with Crippen LogP contribution in [0.3, 0.4) is 0 Å². The molecule has 0 aliphatic rings. The lowest BCUT2D eigenvalue weighted by Gasteiger charge is -2.08. The minimum atomic E-state index is 0.883. The van der Waals surface area contributed by atoms with Gasteiger partial charge in [0, 0.05) is 5.56 Å². The van der Waals surface area contributed by atoms with Crippen molar-refractivity contribution in [3.05, 3.63) is 103 Å². The third kappa shape index (κ3) is 3.22. The highest BCUT2D eigenvalue weighted by Crippen LogP contribution is 2.28. The van der Waals surface area contributed by atoms with E-state index in [1.54, 1.807) is 0 Å². The molecule has 148 valence electrons. The number of H-pyrrole nitrogens is 1. The fourth-order valence-corrected chi connectivity index (χ4v) is 3.86. The minimum Gasteiger partial charge on any atom is -0.338 e. The molecular formula is C26H19N5. The Hall–Kier alpha value is -4.38. The molecule has 0 unspecified atom stereocenters. The molecule has 2 N–H and O–H groups in total. The van der Waals surface area contributed by atoms with Crippen LogP contribution in [0.5, 0.6) is 0 Å². The summed E-state index contributed by atoms with van der Waals surface area (Å²) in [6.07, 6.45) is 1.81. The average molecular weight is 401 g/mol. The van der Waals surface area contributed by atoms with Crippen molar-refractivity contribution in [2.24, 2.45) is 0 Å². The van der Waals surface area contributed by atoms with Gasteiger partial charge in [-0.1, -0.05) is 60.7 Å². The zero-order valence-electron chi connectivity index (χ0n) is 16.7. The highest BCUT2D eigenvalue weighted by atomic mass is 15.4. The lowest BCUT2D eigenvalue weighted by Crippen LogP contribution is -2.06. The summed E-state index contributed by atoms with van der Waals surface area (Å²) in [6.45, 7) is 0. The van der Waals surface area contributed by atoms with E-state index in [0.29, 0.717) is 0 Å². The summed E-state index contributed by atoms with van der Waals surface area (Å²) in [5.74, 6) is 0.883. The number of nitrogens with one attached hydrogen (secondary N) is 2. The average Bonchev–Trinajstić information content (AvgIpc) is 3.44.